The molecule has 1 aromatic heterocycles. The first kappa shape index (κ1) is 16.5. The summed E-state index contributed by atoms with van der Waals surface area (Å²) in [6.07, 6.45) is 1.79. The summed E-state index contributed by atoms with van der Waals surface area (Å²) < 4.78 is 7.12. The Balaban J connectivity index is 1.99. The van der Waals surface area contributed by atoms with Crippen molar-refractivity contribution in [2.75, 3.05) is 20.2 Å². The fourth-order valence-electron chi connectivity index (χ4n) is 3.35. The maximum Gasteiger partial charge on any atom is 0.257 e. The fraction of sp³-hybridized carbons (Fsp3) is 0.444. The van der Waals surface area contributed by atoms with Crippen molar-refractivity contribution in [1.82, 2.24) is 20.0 Å². The van der Waals surface area contributed by atoms with Crippen LogP contribution in [0.25, 0.3) is 11.3 Å². The topological polar surface area (TPSA) is 59.4 Å². The van der Waals surface area contributed by atoms with Crippen LogP contribution in [0.4, 0.5) is 0 Å². The SMILES string of the molecule is COc1ccccc1-c1nn(C)cc1C(=O)N1C[C@@H](C)N[C@@H](C)C1. The molecule has 0 saturated carbocycles. The van der Waals surface area contributed by atoms with Gasteiger partial charge >= 0.3 is 0 Å². The van der Waals surface area contributed by atoms with Crippen LogP contribution in [0.1, 0.15) is 24.2 Å². The number of carbonyl (C=O) groups excluding carboxylic acids is 1. The van der Waals surface area contributed by atoms with Gasteiger partial charge in [-0.2, -0.15) is 5.10 Å². The van der Waals surface area contributed by atoms with Gasteiger partial charge in [0, 0.05) is 44.0 Å². The zero-order valence-electron chi connectivity index (χ0n) is 14.6. The van der Waals surface area contributed by atoms with Crippen molar-refractivity contribution >= 4 is 5.91 Å². The Hall–Kier alpha value is -2.34. The van der Waals surface area contributed by atoms with Gasteiger partial charge in [0.15, 0.2) is 0 Å². The number of nitrogens with one attached hydrogen (secondary N) is 1. The highest BCUT2D eigenvalue weighted by molar-refractivity contribution is 6.00. The number of rotatable bonds is 3. The highest BCUT2D eigenvalue weighted by Crippen LogP contribution is 2.31. The molecule has 6 nitrogen and oxygen atoms in total. The maximum atomic E-state index is 13.1. The largest absolute Gasteiger partial charge is 0.496 e. The number of para-hydroxylation sites is 1. The molecular weight excluding hydrogens is 304 g/mol. The number of piperazine rings is 1. The van der Waals surface area contributed by atoms with Crippen LogP contribution < -0.4 is 10.1 Å². The number of aryl methyl sites for hydroxylation is 1. The minimum atomic E-state index is 0.0178. The smallest absolute Gasteiger partial charge is 0.257 e. The van der Waals surface area contributed by atoms with E-state index in [0.29, 0.717) is 30.1 Å². The molecule has 1 amide bonds. The molecule has 1 saturated heterocycles. The molecule has 6 heteroatoms. The Morgan fingerprint density at radius 1 is 1.25 bits per heavy atom. The Morgan fingerprint density at radius 3 is 2.58 bits per heavy atom. The molecule has 0 unspecified atom stereocenters. The van der Waals surface area contributed by atoms with E-state index in [2.05, 4.69) is 24.3 Å². The number of hydrogen-bond donors (Lipinski definition) is 1. The first-order chi connectivity index (χ1) is 11.5. The molecule has 0 aliphatic carbocycles. The summed E-state index contributed by atoms with van der Waals surface area (Å²) in [5.74, 6) is 0.733. The summed E-state index contributed by atoms with van der Waals surface area (Å²) in [6.45, 7) is 5.59. The Labute approximate surface area is 142 Å². The Kier molecular flexibility index (Phi) is 4.57. The van der Waals surface area contributed by atoms with Gasteiger partial charge in [-0.15, -0.1) is 0 Å². The predicted octanol–water partition coefficient (Wildman–Crippen LogP) is 1.92. The second kappa shape index (κ2) is 6.65. The highest BCUT2D eigenvalue weighted by Gasteiger charge is 2.29. The van der Waals surface area contributed by atoms with E-state index in [0.717, 1.165) is 5.56 Å². The molecule has 0 spiro atoms. The van der Waals surface area contributed by atoms with Crippen molar-refractivity contribution in [3.63, 3.8) is 0 Å². The van der Waals surface area contributed by atoms with Crippen molar-refractivity contribution in [3.05, 3.63) is 36.0 Å². The van der Waals surface area contributed by atoms with Crippen LogP contribution in [-0.4, -0.2) is 52.9 Å². The van der Waals surface area contributed by atoms with Crippen LogP contribution in [0.5, 0.6) is 5.75 Å². The summed E-state index contributed by atoms with van der Waals surface area (Å²) >= 11 is 0. The quantitative estimate of drug-likeness (QED) is 0.935. The highest BCUT2D eigenvalue weighted by atomic mass is 16.5. The van der Waals surface area contributed by atoms with E-state index in [4.69, 9.17) is 4.74 Å². The second-order valence-corrected chi connectivity index (χ2v) is 6.44. The van der Waals surface area contributed by atoms with Gasteiger partial charge in [0.05, 0.1) is 12.7 Å². The van der Waals surface area contributed by atoms with Crippen LogP contribution in [0.15, 0.2) is 30.5 Å². The maximum absolute atomic E-state index is 13.1. The summed E-state index contributed by atoms with van der Waals surface area (Å²) in [6, 6.07) is 8.21. The Morgan fingerprint density at radius 2 is 1.92 bits per heavy atom. The van der Waals surface area contributed by atoms with Gasteiger partial charge in [0.1, 0.15) is 11.4 Å². The Bertz CT molecular complexity index is 730. The van der Waals surface area contributed by atoms with Crippen molar-refractivity contribution in [2.24, 2.45) is 7.05 Å². The monoisotopic (exact) mass is 328 g/mol. The van der Waals surface area contributed by atoms with Crippen LogP contribution in [0.2, 0.25) is 0 Å². The summed E-state index contributed by atoms with van der Waals surface area (Å²) in [5, 5.41) is 7.97. The zero-order chi connectivity index (χ0) is 17.3. The number of amides is 1. The molecule has 1 aliphatic heterocycles. The predicted molar refractivity (Wildman–Crippen MR) is 93.2 cm³/mol. The molecule has 2 atom stereocenters. The normalized spacial score (nSPS) is 20.9. The molecule has 3 rings (SSSR count). The fourth-order valence-corrected chi connectivity index (χ4v) is 3.35. The minimum Gasteiger partial charge on any atom is -0.496 e. The van der Waals surface area contributed by atoms with Crippen molar-refractivity contribution < 1.29 is 9.53 Å². The van der Waals surface area contributed by atoms with E-state index in [1.54, 1.807) is 18.0 Å². The van der Waals surface area contributed by atoms with Crippen LogP contribution in [0, 0.1) is 0 Å². The van der Waals surface area contributed by atoms with E-state index < -0.39 is 0 Å². The number of hydrogen-bond acceptors (Lipinski definition) is 4. The van der Waals surface area contributed by atoms with Crippen LogP contribution in [-0.2, 0) is 7.05 Å². The first-order valence-corrected chi connectivity index (χ1v) is 8.22. The number of nitrogens with zero attached hydrogens (tertiary/aromatic N) is 3. The molecular formula is C18H24N4O2. The lowest BCUT2D eigenvalue weighted by Gasteiger charge is -2.36. The van der Waals surface area contributed by atoms with E-state index in [1.165, 1.54) is 0 Å². The number of ether oxygens (including phenoxy) is 1. The van der Waals surface area contributed by atoms with Crippen molar-refractivity contribution in [2.45, 2.75) is 25.9 Å². The standard InChI is InChI=1S/C18H24N4O2/c1-12-9-22(10-13(2)19-12)18(23)15-11-21(3)20-17(15)14-7-5-6-8-16(14)24-4/h5-8,11-13,19H,9-10H2,1-4H3/t12-,13+. The molecule has 2 aromatic rings. The number of benzene rings is 1. The summed E-state index contributed by atoms with van der Waals surface area (Å²) in [5.41, 5.74) is 2.11. The minimum absolute atomic E-state index is 0.0178. The van der Waals surface area contributed by atoms with E-state index >= 15 is 0 Å². The molecule has 1 N–H and O–H groups in total. The lowest BCUT2D eigenvalue weighted by molar-refractivity contribution is 0.0674. The van der Waals surface area contributed by atoms with E-state index in [1.807, 2.05) is 36.2 Å². The van der Waals surface area contributed by atoms with Gasteiger partial charge in [-0.3, -0.25) is 9.48 Å². The number of methoxy groups -OCH3 is 1. The lowest BCUT2D eigenvalue weighted by atomic mass is 10.0. The molecule has 24 heavy (non-hydrogen) atoms. The first-order valence-electron chi connectivity index (χ1n) is 8.22. The van der Waals surface area contributed by atoms with Gasteiger partial charge in [-0.05, 0) is 26.0 Å². The third-order valence-electron chi connectivity index (χ3n) is 4.27. The summed E-state index contributed by atoms with van der Waals surface area (Å²) in [7, 11) is 3.46. The molecule has 1 aliphatic rings. The zero-order valence-corrected chi connectivity index (χ0v) is 14.6. The van der Waals surface area contributed by atoms with Crippen molar-refractivity contribution in [1.29, 1.82) is 0 Å². The van der Waals surface area contributed by atoms with E-state index in [-0.39, 0.29) is 18.0 Å². The molecule has 2 heterocycles. The van der Waals surface area contributed by atoms with Crippen molar-refractivity contribution in [3.8, 4) is 17.0 Å². The van der Waals surface area contributed by atoms with E-state index in [9.17, 15) is 4.79 Å². The molecule has 0 radical (unpaired) electrons. The van der Waals surface area contributed by atoms with Gasteiger partial charge in [0.2, 0.25) is 0 Å². The third kappa shape index (κ3) is 3.14. The summed E-state index contributed by atoms with van der Waals surface area (Å²) in [4.78, 5) is 15.0. The molecule has 1 fully saturated rings. The molecule has 128 valence electrons. The number of aromatic nitrogens is 2. The van der Waals surface area contributed by atoms with Gasteiger partial charge in [-0.25, -0.2) is 0 Å². The van der Waals surface area contributed by atoms with Gasteiger partial charge in [-0.1, -0.05) is 12.1 Å². The van der Waals surface area contributed by atoms with Gasteiger partial charge in [0.25, 0.3) is 5.91 Å². The molecule has 1 aromatic carbocycles. The second-order valence-electron chi connectivity index (χ2n) is 6.44. The van der Waals surface area contributed by atoms with Crippen LogP contribution in [0.3, 0.4) is 0 Å². The third-order valence-corrected chi connectivity index (χ3v) is 4.27. The average Bonchev–Trinajstić information content (AvgIpc) is 2.94. The van der Waals surface area contributed by atoms with Crippen LogP contribution >= 0.6 is 0 Å². The van der Waals surface area contributed by atoms with Gasteiger partial charge < -0.3 is 15.0 Å². The number of carbonyl (C=O) groups is 1. The average molecular weight is 328 g/mol. The molecule has 0 bridgehead atoms. The lowest BCUT2D eigenvalue weighted by Crippen LogP contribution is -2.55.